The molecular formula is C8H6BrFO4. The molecule has 0 radical (unpaired) electrons. The minimum Gasteiger partial charge on any atom is -0.507 e. The first-order chi connectivity index (χ1) is 6.43. The molecule has 0 amide bonds. The summed E-state index contributed by atoms with van der Waals surface area (Å²) in [4.78, 5) is 10.4. The lowest BCUT2D eigenvalue weighted by Crippen LogP contribution is -2.10. The highest BCUT2D eigenvalue weighted by molar-refractivity contribution is 9.10. The molecule has 3 N–H and O–H groups in total. The molecule has 1 aromatic carbocycles. The van der Waals surface area contributed by atoms with E-state index >= 15 is 0 Å². The van der Waals surface area contributed by atoms with Crippen LogP contribution in [-0.2, 0) is 4.79 Å². The van der Waals surface area contributed by atoms with E-state index in [0.29, 0.717) is 0 Å². The van der Waals surface area contributed by atoms with Crippen molar-refractivity contribution in [2.75, 3.05) is 0 Å². The number of hydrogen-bond acceptors (Lipinski definition) is 3. The highest BCUT2D eigenvalue weighted by Gasteiger charge is 2.21. The zero-order valence-corrected chi connectivity index (χ0v) is 8.32. The molecule has 0 saturated heterocycles. The number of carboxylic acids is 1. The average molecular weight is 265 g/mol. The molecule has 0 spiro atoms. The molecule has 0 bridgehead atoms. The summed E-state index contributed by atoms with van der Waals surface area (Å²) in [5.41, 5.74) is -0.259. The number of phenols is 1. The molecule has 1 rings (SSSR count). The van der Waals surface area contributed by atoms with Gasteiger partial charge in [0.05, 0.1) is 4.47 Å². The molecule has 14 heavy (non-hydrogen) atoms. The third-order valence-electron chi connectivity index (χ3n) is 1.60. The normalized spacial score (nSPS) is 12.5. The van der Waals surface area contributed by atoms with Crippen molar-refractivity contribution in [1.29, 1.82) is 0 Å². The molecule has 0 aliphatic heterocycles. The van der Waals surface area contributed by atoms with E-state index in [0.717, 1.165) is 12.1 Å². The van der Waals surface area contributed by atoms with Gasteiger partial charge in [0.2, 0.25) is 0 Å². The fraction of sp³-hybridized carbons (Fsp3) is 0.125. The van der Waals surface area contributed by atoms with Crippen molar-refractivity contribution >= 4 is 21.9 Å². The number of aromatic hydroxyl groups is 1. The van der Waals surface area contributed by atoms with Crippen LogP contribution in [-0.4, -0.2) is 21.3 Å². The maximum absolute atomic E-state index is 12.8. The topological polar surface area (TPSA) is 77.8 Å². The third-order valence-corrected chi connectivity index (χ3v) is 2.21. The number of rotatable bonds is 2. The van der Waals surface area contributed by atoms with Gasteiger partial charge in [-0.3, -0.25) is 0 Å². The molecule has 0 aromatic heterocycles. The van der Waals surface area contributed by atoms with Gasteiger partial charge in [-0.1, -0.05) is 0 Å². The molecule has 0 saturated carbocycles. The molecule has 0 aliphatic rings. The van der Waals surface area contributed by atoms with Crippen LogP contribution >= 0.6 is 15.9 Å². The van der Waals surface area contributed by atoms with E-state index < -0.39 is 23.6 Å². The summed E-state index contributed by atoms with van der Waals surface area (Å²) in [7, 11) is 0. The van der Waals surface area contributed by atoms with Gasteiger partial charge < -0.3 is 15.3 Å². The maximum Gasteiger partial charge on any atom is 0.337 e. The zero-order chi connectivity index (χ0) is 10.9. The van der Waals surface area contributed by atoms with Gasteiger partial charge in [0, 0.05) is 11.6 Å². The number of aliphatic hydroxyl groups excluding tert-OH is 1. The summed E-state index contributed by atoms with van der Waals surface area (Å²) >= 11 is 2.81. The Labute approximate surface area is 86.7 Å². The molecule has 1 aromatic rings. The lowest BCUT2D eigenvalue weighted by Gasteiger charge is -2.08. The van der Waals surface area contributed by atoms with Gasteiger partial charge in [-0.15, -0.1) is 0 Å². The van der Waals surface area contributed by atoms with Gasteiger partial charge >= 0.3 is 5.97 Å². The van der Waals surface area contributed by atoms with E-state index in [9.17, 15) is 9.18 Å². The highest BCUT2D eigenvalue weighted by Crippen LogP contribution is 2.29. The second kappa shape index (κ2) is 3.93. The molecule has 6 heteroatoms. The Bertz CT molecular complexity index is 380. The van der Waals surface area contributed by atoms with Gasteiger partial charge in [0.15, 0.2) is 6.10 Å². The number of benzene rings is 1. The lowest BCUT2D eigenvalue weighted by molar-refractivity contribution is -0.147. The van der Waals surface area contributed by atoms with E-state index in [1.165, 1.54) is 0 Å². The number of aliphatic carboxylic acids is 1. The van der Waals surface area contributed by atoms with Crippen LogP contribution in [0.4, 0.5) is 4.39 Å². The van der Waals surface area contributed by atoms with Crippen molar-refractivity contribution in [3.63, 3.8) is 0 Å². The smallest absolute Gasteiger partial charge is 0.337 e. The van der Waals surface area contributed by atoms with Gasteiger partial charge in [-0.2, -0.15) is 0 Å². The number of halogens is 2. The van der Waals surface area contributed by atoms with Crippen LogP contribution in [0.15, 0.2) is 16.6 Å². The number of phenolic OH excluding ortho intramolecular Hbond substituents is 1. The Morgan fingerprint density at radius 1 is 1.50 bits per heavy atom. The summed E-state index contributed by atoms with van der Waals surface area (Å²) < 4.78 is 12.8. The molecule has 1 unspecified atom stereocenters. The van der Waals surface area contributed by atoms with Gasteiger partial charge in [0.1, 0.15) is 11.6 Å². The quantitative estimate of drug-likeness (QED) is 0.755. The van der Waals surface area contributed by atoms with Crippen molar-refractivity contribution in [3.05, 3.63) is 28.0 Å². The first-order valence-electron chi connectivity index (χ1n) is 3.52. The molecule has 0 heterocycles. The van der Waals surface area contributed by atoms with Gasteiger partial charge in [0.25, 0.3) is 0 Å². The van der Waals surface area contributed by atoms with Crippen molar-refractivity contribution in [1.82, 2.24) is 0 Å². The van der Waals surface area contributed by atoms with Gasteiger partial charge in [-0.25, -0.2) is 9.18 Å². The Balaban J connectivity index is 3.22. The van der Waals surface area contributed by atoms with Crippen LogP contribution in [0.2, 0.25) is 0 Å². The SMILES string of the molecule is O=C(O)C(O)c1cc(Br)c(F)cc1O. The molecule has 0 aliphatic carbocycles. The third kappa shape index (κ3) is 2.02. The van der Waals surface area contributed by atoms with Crippen LogP contribution in [0.3, 0.4) is 0 Å². The molecule has 1 atom stereocenters. The number of aliphatic hydroxyl groups is 1. The van der Waals surface area contributed by atoms with Crippen LogP contribution in [0.5, 0.6) is 5.75 Å². The molecule has 4 nitrogen and oxygen atoms in total. The summed E-state index contributed by atoms with van der Waals surface area (Å²) in [5, 5.41) is 26.7. The van der Waals surface area contributed by atoms with Crippen molar-refractivity contribution in [2.24, 2.45) is 0 Å². The summed E-state index contributed by atoms with van der Waals surface area (Å²) in [5.74, 6) is -2.84. The number of hydrogen-bond donors (Lipinski definition) is 3. The van der Waals surface area contributed by atoms with Crippen LogP contribution in [0, 0.1) is 5.82 Å². The number of carbonyl (C=O) groups is 1. The summed E-state index contributed by atoms with van der Waals surface area (Å²) in [6.45, 7) is 0. The number of carboxylic acid groups (broad SMARTS) is 1. The predicted octanol–water partition coefficient (Wildman–Crippen LogP) is 1.41. The highest BCUT2D eigenvalue weighted by atomic mass is 79.9. The summed E-state index contributed by atoms with van der Waals surface area (Å²) in [6, 6.07) is 1.75. The fourth-order valence-corrected chi connectivity index (χ4v) is 1.26. The second-order valence-electron chi connectivity index (χ2n) is 2.57. The van der Waals surface area contributed by atoms with Crippen LogP contribution < -0.4 is 0 Å². The Morgan fingerprint density at radius 2 is 2.07 bits per heavy atom. The molecule has 0 fully saturated rings. The average Bonchev–Trinajstić information content (AvgIpc) is 2.10. The van der Waals surface area contributed by atoms with Crippen molar-refractivity contribution in [3.8, 4) is 5.75 Å². The standard InChI is InChI=1S/C8H6BrFO4/c9-4-1-3(7(12)8(13)14)6(11)2-5(4)10/h1-2,7,11-12H,(H,13,14). The van der Waals surface area contributed by atoms with Crippen LogP contribution in [0.1, 0.15) is 11.7 Å². The van der Waals surface area contributed by atoms with E-state index in [2.05, 4.69) is 15.9 Å². The Kier molecular flexibility index (Phi) is 3.07. The van der Waals surface area contributed by atoms with E-state index in [1.54, 1.807) is 0 Å². The zero-order valence-electron chi connectivity index (χ0n) is 6.74. The molecule has 76 valence electrons. The Morgan fingerprint density at radius 3 is 2.57 bits per heavy atom. The minimum absolute atomic E-state index is 0.0226. The van der Waals surface area contributed by atoms with Crippen LogP contribution in [0.25, 0.3) is 0 Å². The first kappa shape index (κ1) is 10.9. The van der Waals surface area contributed by atoms with E-state index in [-0.39, 0.29) is 10.0 Å². The second-order valence-corrected chi connectivity index (χ2v) is 3.42. The summed E-state index contributed by atoms with van der Waals surface area (Å²) in [6.07, 6.45) is -1.87. The Hall–Kier alpha value is -1.14. The van der Waals surface area contributed by atoms with Crippen molar-refractivity contribution < 1.29 is 24.5 Å². The first-order valence-corrected chi connectivity index (χ1v) is 4.31. The monoisotopic (exact) mass is 264 g/mol. The van der Waals surface area contributed by atoms with E-state index in [4.69, 9.17) is 15.3 Å². The largest absolute Gasteiger partial charge is 0.507 e. The van der Waals surface area contributed by atoms with Gasteiger partial charge in [-0.05, 0) is 22.0 Å². The maximum atomic E-state index is 12.8. The lowest BCUT2D eigenvalue weighted by atomic mass is 10.1. The van der Waals surface area contributed by atoms with E-state index in [1.807, 2.05) is 0 Å². The fourth-order valence-electron chi connectivity index (χ4n) is 0.904. The minimum atomic E-state index is -1.87. The predicted molar refractivity (Wildman–Crippen MR) is 48.4 cm³/mol. The molecular weight excluding hydrogens is 259 g/mol. The van der Waals surface area contributed by atoms with Crippen molar-refractivity contribution in [2.45, 2.75) is 6.10 Å².